The summed E-state index contributed by atoms with van der Waals surface area (Å²) >= 11 is 0. The lowest BCUT2D eigenvalue weighted by Gasteiger charge is -2.20. The molecule has 1 atom stereocenters. The van der Waals surface area contributed by atoms with E-state index in [0.29, 0.717) is 5.84 Å². The Kier molecular flexibility index (Phi) is 4.96. The van der Waals surface area contributed by atoms with Crippen molar-refractivity contribution in [1.82, 2.24) is 4.68 Å². The fourth-order valence-electron chi connectivity index (χ4n) is 4.64. The van der Waals surface area contributed by atoms with Crippen molar-refractivity contribution in [1.29, 1.82) is 0 Å². The lowest BCUT2D eigenvalue weighted by molar-refractivity contribution is 0.728. The van der Waals surface area contributed by atoms with E-state index in [1.807, 2.05) is 48.5 Å². The van der Waals surface area contributed by atoms with Crippen molar-refractivity contribution in [2.75, 3.05) is 5.43 Å². The number of nitrogens with zero attached hydrogens (tertiary/aromatic N) is 2. The number of benzene rings is 5. The lowest BCUT2D eigenvalue weighted by atomic mass is 10.0. The monoisotopic (exact) mass is 440 g/mol. The smallest absolute Gasteiger partial charge is 0.160 e. The van der Waals surface area contributed by atoms with Crippen molar-refractivity contribution in [2.45, 2.75) is 6.17 Å². The Bertz CT molecular complexity index is 1630. The summed E-state index contributed by atoms with van der Waals surface area (Å²) in [5.74, 6) is 0.494. The van der Waals surface area contributed by atoms with E-state index in [2.05, 4.69) is 82.9 Å². The van der Waals surface area contributed by atoms with Crippen LogP contribution in [0.2, 0.25) is 0 Å². The second-order valence-corrected chi connectivity index (χ2v) is 8.36. The number of fused-ring (bicyclic) bond motifs is 5. The van der Waals surface area contributed by atoms with Crippen LogP contribution in [0.3, 0.4) is 0 Å². The van der Waals surface area contributed by atoms with Crippen molar-refractivity contribution >= 4 is 38.4 Å². The van der Waals surface area contributed by atoms with Crippen LogP contribution < -0.4 is 11.2 Å². The number of hydrogen-bond donors (Lipinski definition) is 2. The minimum absolute atomic E-state index is 0.369. The molecule has 5 aromatic carbocycles. The highest BCUT2D eigenvalue weighted by molar-refractivity contribution is 6.20. The highest BCUT2D eigenvalue weighted by Crippen LogP contribution is 2.35. The normalized spacial score (nSPS) is 12.9. The highest BCUT2D eigenvalue weighted by Gasteiger charge is 2.17. The van der Waals surface area contributed by atoms with Crippen LogP contribution in [-0.2, 0) is 0 Å². The van der Waals surface area contributed by atoms with E-state index < -0.39 is 0 Å². The van der Waals surface area contributed by atoms with Gasteiger partial charge in [-0.05, 0) is 28.5 Å². The van der Waals surface area contributed by atoms with Crippen molar-refractivity contribution in [3.63, 3.8) is 0 Å². The second kappa shape index (κ2) is 8.41. The minimum Gasteiger partial charge on any atom is -0.383 e. The average Bonchev–Trinajstić information content (AvgIpc) is 3.23. The predicted octanol–water partition coefficient (Wildman–Crippen LogP) is 6.60. The molecule has 6 aromatic rings. The summed E-state index contributed by atoms with van der Waals surface area (Å²) in [6.07, 6.45) is -0.369. The molecule has 0 amide bonds. The van der Waals surface area contributed by atoms with Crippen molar-refractivity contribution in [3.8, 4) is 0 Å². The molecular formula is C30H24N4. The van der Waals surface area contributed by atoms with Gasteiger partial charge < -0.3 is 5.73 Å². The van der Waals surface area contributed by atoms with Gasteiger partial charge in [-0.15, -0.1) is 0 Å². The molecule has 1 aromatic heterocycles. The van der Waals surface area contributed by atoms with Crippen LogP contribution in [0.1, 0.15) is 17.3 Å². The molecule has 0 bridgehead atoms. The zero-order valence-corrected chi connectivity index (χ0v) is 18.6. The van der Waals surface area contributed by atoms with E-state index in [-0.39, 0.29) is 6.17 Å². The van der Waals surface area contributed by atoms with Crippen molar-refractivity contribution < 1.29 is 0 Å². The number of nitrogens with two attached hydrogens (primary N) is 1. The van der Waals surface area contributed by atoms with E-state index in [1.54, 1.807) is 0 Å². The molecule has 0 radical (unpaired) electrons. The lowest BCUT2D eigenvalue weighted by Crippen LogP contribution is -2.23. The maximum atomic E-state index is 6.46. The van der Waals surface area contributed by atoms with Crippen LogP contribution >= 0.6 is 0 Å². The molecule has 0 saturated carbocycles. The summed E-state index contributed by atoms with van der Waals surface area (Å²) in [5, 5.41) is 4.89. The quantitative estimate of drug-likeness (QED) is 0.234. The molecule has 0 spiro atoms. The molecule has 1 unspecified atom stereocenters. The van der Waals surface area contributed by atoms with Crippen LogP contribution in [0.25, 0.3) is 32.6 Å². The third-order valence-electron chi connectivity index (χ3n) is 6.27. The van der Waals surface area contributed by atoms with E-state index in [0.717, 1.165) is 22.2 Å². The Morgan fingerprint density at radius 2 is 1.29 bits per heavy atom. The second-order valence-electron chi connectivity index (χ2n) is 8.36. The largest absolute Gasteiger partial charge is 0.383 e. The molecular weight excluding hydrogens is 416 g/mol. The standard InChI is InChI=1S/C30H24N4/c31-29(22-12-3-1-4-13-22)32-30(23-14-5-2-6-15-23)33-34-26-18-10-9-17-25(26)28-24-16-8-7-11-21(24)19-20-27(28)34/h1-20,30,33H,(H2,31,32). The third kappa shape index (κ3) is 3.46. The van der Waals surface area contributed by atoms with Crippen LogP contribution in [0.5, 0.6) is 0 Å². The van der Waals surface area contributed by atoms with Crippen LogP contribution in [0, 0.1) is 0 Å². The van der Waals surface area contributed by atoms with Crippen molar-refractivity contribution in [3.05, 3.63) is 132 Å². The van der Waals surface area contributed by atoms with Gasteiger partial charge >= 0.3 is 0 Å². The number of aromatic nitrogens is 1. The first kappa shape index (κ1) is 20.1. The van der Waals surface area contributed by atoms with Gasteiger partial charge in [-0.3, -0.25) is 10.1 Å². The summed E-state index contributed by atoms with van der Waals surface area (Å²) in [7, 11) is 0. The van der Waals surface area contributed by atoms with Gasteiger partial charge in [0.1, 0.15) is 5.84 Å². The molecule has 4 heteroatoms. The Morgan fingerprint density at radius 1 is 0.647 bits per heavy atom. The summed E-state index contributed by atoms with van der Waals surface area (Å²) in [6, 6.07) is 41.5. The van der Waals surface area contributed by atoms with Gasteiger partial charge in [0.15, 0.2) is 6.17 Å². The van der Waals surface area contributed by atoms with Crippen molar-refractivity contribution in [2.24, 2.45) is 10.7 Å². The maximum Gasteiger partial charge on any atom is 0.160 e. The average molecular weight is 441 g/mol. The fraction of sp³-hybridized carbons (Fsp3) is 0.0333. The predicted molar refractivity (Wildman–Crippen MR) is 143 cm³/mol. The van der Waals surface area contributed by atoms with Crippen LogP contribution in [-0.4, -0.2) is 10.5 Å². The van der Waals surface area contributed by atoms with Gasteiger partial charge in [0.05, 0.1) is 11.0 Å². The number of para-hydroxylation sites is 1. The maximum absolute atomic E-state index is 6.46. The number of amidine groups is 1. The van der Waals surface area contributed by atoms with E-state index in [1.165, 1.54) is 21.5 Å². The summed E-state index contributed by atoms with van der Waals surface area (Å²) in [5.41, 5.74) is 14.3. The first-order valence-corrected chi connectivity index (χ1v) is 11.4. The first-order chi connectivity index (χ1) is 16.8. The molecule has 3 N–H and O–H groups in total. The third-order valence-corrected chi connectivity index (χ3v) is 6.27. The number of nitrogens with one attached hydrogen (secondary N) is 1. The van der Waals surface area contributed by atoms with E-state index in [9.17, 15) is 0 Å². The Morgan fingerprint density at radius 3 is 2.09 bits per heavy atom. The van der Waals surface area contributed by atoms with Crippen LogP contribution in [0.4, 0.5) is 0 Å². The molecule has 0 saturated heterocycles. The van der Waals surface area contributed by atoms with Gasteiger partial charge in [0.25, 0.3) is 0 Å². The fourth-order valence-corrected chi connectivity index (χ4v) is 4.64. The molecule has 0 aliphatic carbocycles. The molecule has 164 valence electrons. The SMILES string of the molecule is N/C(=N\C(Nn1c2ccccc2c2c3ccccc3ccc21)c1ccccc1)c1ccccc1. The van der Waals surface area contributed by atoms with Gasteiger partial charge in [0.2, 0.25) is 0 Å². The van der Waals surface area contributed by atoms with Gasteiger partial charge in [-0.25, -0.2) is 4.99 Å². The molecule has 0 fully saturated rings. The zero-order valence-electron chi connectivity index (χ0n) is 18.6. The van der Waals surface area contributed by atoms with Gasteiger partial charge in [-0.2, -0.15) is 0 Å². The Hall–Kier alpha value is -4.57. The van der Waals surface area contributed by atoms with E-state index in [4.69, 9.17) is 10.7 Å². The molecule has 4 nitrogen and oxygen atoms in total. The Balaban J connectivity index is 1.55. The topological polar surface area (TPSA) is 55.3 Å². The summed E-state index contributed by atoms with van der Waals surface area (Å²) < 4.78 is 2.15. The highest BCUT2D eigenvalue weighted by atomic mass is 15.5. The van der Waals surface area contributed by atoms with Crippen LogP contribution in [0.15, 0.2) is 126 Å². The van der Waals surface area contributed by atoms with Gasteiger partial charge in [0, 0.05) is 16.3 Å². The van der Waals surface area contributed by atoms with E-state index >= 15 is 0 Å². The Labute approximate surface area is 197 Å². The summed E-state index contributed by atoms with van der Waals surface area (Å²) in [6.45, 7) is 0. The number of rotatable bonds is 5. The molecule has 34 heavy (non-hydrogen) atoms. The number of aliphatic imine (C=N–C) groups is 1. The molecule has 1 heterocycles. The van der Waals surface area contributed by atoms with Gasteiger partial charge in [-0.1, -0.05) is 109 Å². The zero-order chi connectivity index (χ0) is 22.9. The molecule has 6 rings (SSSR count). The minimum atomic E-state index is -0.369. The number of hydrogen-bond acceptors (Lipinski definition) is 2. The molecule has 0 aliphatic heterocycles. The molecule has 0 aliphatic rings. The summed E-state index contributed by atoms with van der Waals surface area (Å²) in [4.78, 5) is 4.93. The first-order valence-electron chi connectivity index (χ1n) is 11.4.